The zero-order valence-electron chi connectivity index (χ0n) is 8.37. The molecule has 0 aliphatic carbocycles. The van der Waals surface area contributed by atoms with E-state index in [-0.39, 0.29) is 0 Å². The standard InChI is InChI=1S/C10H13N3O2/c14-9-13(10-3-1-2-4-11-10)12-5-7-15-8-6-12/h1-4,9H,5-8H2. The Morgan fingerprint density at radius 1 is 1.40 bits per heavy atom. The number of nitrogens with zero attached hydrogens (tertiary/aromatic N) is 3. The zero-order valence-corrected chi connectivity index (χ0v) is 8.37. The van der Waals surface area contributed by atoms with Crippen molar-refractivity contribution in [1.82, 2.24) is 9.99 Å². The zero-order chi connectivity index (χ0) is 10.5. The van der Waals surface area contributed by atoms with Crippen molar-refractivity contribution in [1.29, 1.82) is 0 Å². The fourth-order valence-corrected chi connectivity index (χ4v) is 1.52. The molecule has 5 heteroatoms. The smallest absolute Gasteiger partial charge is 0.230 e. The normalized spacial score (nSPS) is 17.3. The Morgan fingerprint density at radius 3 is 2.80 bits per heavy atom. The first-order valence-corrected chi connectivity index (χ1v) is 4.90. The Morgan fingerprint density at radius 2 is 2.20 bits per heavy atom. The Labute approximate surface area is 88.2 Å². The van der Waals surface area contributed by atoms with Gasteiger partial charge in [-0.25, -0.2) is 15.0 Å². The average molecular weight is 207 g/mol. The molecule has 5 nitrogen and oxygen atoms in total. The number of carbonyl (C=O) groups excluding carboxylic acids is 1. The minimum absolute atomic E-state index is 0.648. The number of hydrogen-bond donors (Lipinski definition) is 0. The minimum atomic E-state index is 0.648. The number of amides is 1. The SMILES string of the molecule is O=CN(c1ccccn1)N1CCOCC1. The summed E-state index contributed by atoms with van der Waals surface area (Å²) in [5.74, 6) is 0.648. The van der Waals surface area contributed by atoms with Gasteiger partial charge in [-0.1, -0.05) is 6.07 Å². The van der Waals surface area contributed by atoms with E-state index in [0.29, 0.717) is 19.0 Å². The summed E-state index contributed by atoms with van der Waals surface area (Å²) in [4.78, 5) is 15.1. The van der Waals surface area contributed by atoms with Gasteiger partial charge in [0, 0.05) is 19.3 Å². The fourth-order valence-electron chi connectivity index (χ4n) is 1.52. The number of hydrazine groups is 1. The van der Waals surface area contributed by atoms with E-state index in [9.17, 15) is 4.79 Å². The van der Waals surface area contributed by atoms with Crippen LogP contribution in [0.2, 0.25) is 0 Å². The number of rotatable bonds is 3. The van der Waals surface area contributed by atoms with Crippen LogP contribution in [0, 0.1) is 0 Å². The molecular formula is C10H13N3O2. The van der Waals surface area contributed by atoms with Gasteiger partial charge in [-0.15, -0.1) is 0 Å². The van der Waals surface area contributed by atoms with Gasteiger partial charge in [0.1, 0.15) is 5.82 Å². The third-order valence-electron chi connectivity index (χ3n) is 2.28. The molecule has 1 fully saturated rings. The molecule has 0 N–H and O–H groups in total. The molecule has 2 rings (SSSR count). The third kappa shape index (κ3) is 2.31. The maximum Gasteiger partial charge on any atom is 0.230 e. The molecule has 0 bridgehead atoms. The van der Waals surface area contributed by atoms with Crippen LogP contribution >= 0.6 is 0 Å². The maximum absolute atomic E-state index is 11.0. The molecule has 15 heavy (non-hydrogen) atoms. The van der Waals surface area contributed by atoms with Gasteiger partial charge >= 0.3 is 0 Å². The predicted octanol–water partition coefficient (Wildman–Crippen LogP) is 0.292. The van der Waals surface area contributed by atoms with E-state index in [1.807, 2.05) is 23.2 Å². The quantitative estimate of drug-likeness (QED) is 0.668. The average Bonchev–Trinajstić information content (AvgIpc) is 2.33. The van der Waals surface area contributed by atoms with Crippen LogP contribution in [0.3, 0.4) is 0 Å². The van der Waals surface area contributed by atoms with E-state index in [1.165, 1.54) is 5.01 Å². The second-order valence-electron chi connectivity index (χ2n) is 3.20. The van der Waals surface area contributed by atoms with Crippen molar-refractivity contribution >= 4 is 12.2 Å². The minimum Gasteiger partial charge on any atom is -0.379 e. The van der Waals surface area contributed by atoms with E-state index in [2.05, 4.69) is 4.98 Å². The molecule has 1 amide bonds. The van der Waals surface area contributed by atoms with E-state index in [1.54, 1.807) is 6.20 Å². The van der Waals surface area contributed by atoms with Crippen molar-refractivity contribution < 1.29 is 9.53 Å². The van der Waals surface area contributed by atoms with E-state index in [0.717, 1.165) is 19.5 Å². The molecule has 2 heterocycles. The third-order valence-corrected chi connectivity index (χ3v) is 2.28. The summed E-state index contributed by atoms with van der Waals surface area (Å²) >= 11 is 0. The molecule has 0 aromatic carbocycles. The molecule has 0 saturated carbocycles. The summed E-state index contributed by atoms with van der Waals surface area (Å²) in [6.07, 6.45) is 2.46. The van der Waals surface area contributed by atoms with Crippen LogP contribution in [-0.2, 0) is 9.53 Å². The van der Waals surface area contributed by atoms with Gasteiger partial charge in [-0.3, -0.25) is 4.79 Å². The summed E-state index contributed by atoms with van der Waals surface area (Å²) < 4.78 is 5.23. The van der Waals surface area contributed by atoms with Crippen molar-refractivity contribution in [2.24, 2.45) is 0 Å². The summed E-state index contributed by atoms with van der Waals surface area (Å²) in [7, 11) is 0. The van der Waals surface area contributed by atoms with Crippen LogP contribution in [0.5, 0.6) is 0 Å². The van der Waals surface area contributed by atoms with Gasteiger partial charge in [0.25, 0.3) is 0 Å². The maximum atomic E-state index is 11.0. The first-order valence-electron chi connectivity index (χ1n) is 4.90. The highest BCUT2D eigenvalue weighted by molar-refractivity contribution is 5.71. The molecule has 1 aromatic heterocycles. The van der Waals surface area contributed by atoms with E-state index < -0.39 is 0 Å². The lowest BCUT2D eigenvalue weighted by Gasteiger charge is -2.33. The molecule has 1 aromatic rings. The highest BCUT2D eigenvalue weighted by Gasteiger charge is 2.18. The van der Waals surface area contributed by atoms with Crippen molar-refractivity contribution in [3.8, 4) is 0 Å². The lowest BCUT2D eigenvalue weighted by atomic mass is 10.4. The summed E-state index contributed by atoms with van der Waals surface area (Å²) in [5, 5.41) is 3.46. The fraction of sp³-hybridized carbons (Fsp3) is 0.400. The number of ether oxygens (including phenoxy) is 1. The van der Waals surface area contributed by atoms with Crippen molar-refractivity contribution in [2.45, 2.75) is 0 Å². The first-order chi connectivity index (χ1) is 7.42. The second kappa shape index (κ2) is 4.86. The molecule has 1 saturated heterocycles. The highest BCUT2D eigenvalue weighted by atomic mass is 16.5. The van der Waals surface area contributed by atoms with Crippen LogP contribution < -0.4 is 5.01 Å². The Balaban J connectivity index is 2.12. The predicted molar refractivity (Wildman–Crippen MR) is 55.2 cm³/mol. The van der Waals surface area contributed by atoms with Gasteiger partial charge in [0.05, 0.1) is 13.2 Å². The number of pyridine rings is 1. The number of hydrogen-bond acceptors (Lipinski definition) is 4. The summed E-state index contributed by atoms with van der Waals surface area (Å²) in [6, 6.07) is 5.49. The van der Waals surface area contributed by atoms with Crippen molar-refractivity contribution in [3.63, 3.8) is 0 Å². The number of anilines is 1. The van der Waals surface area contributed by atoms with Crippen LogP contribution in [0.1, 0.15) is 0 Å². The molecule has 1 aliphatic heterocycles. The molecule has 0 unspecified atom stereocenters. The Kier molecular flexibility index (Phi) is 3.26. The molecule has 80 valence electrons. The molecule has 0 spiro atoms. The van der Waals surface area contributed by atoms with Gasteiger partial charge in [0.2, 0.25) is 6.41 Å². The van der Waals surface area contributed by atoms with Crippen molar-refractivity contribution in [2.75, 3.05) is 31.3 Å². The van der Waals surface area contributed by atoms with Crippen LogP contribution in [0.15, 0.2) is 24.4 Å². The topological polar surface area (TPSA) is 45.7 Å². The molecule has 1 aliphatic rings. The van der Waals surface area contributed by atoms with E-state index >= 15 is 0 Å². The highest BCUT2D eigenvalue weighted by Crippen LogP contribution is 2.11. The first kappa shape index (κ1) is 10.1. The van der Waals surface area contributed by atoms with Crippen LogP contribution in [0.25, 0.3) is 0 Å². The second-order valence-corrected chi connectivity index (χ2v) is 3.20. The van der Waals surface area contributed by atoms with Crippen molar-refractivity contribution in [3.05, 3.63) is 24.4 Å². The lowest BCUT2D eigenvalue weighted by molar-refractivity contribution is -0.111. The Hall–Kier alpha value is -1.46. The van der Waals surface area contributed by atoms with E-state index in [4.69, 9.17) is 4.74 Å². The Bertz CT molecular complexity index is 312. The number of morpholine rings is 1. The van der Waals surface area contributed by atoms with Gasteiger partial charge < -0.3 is 4.74 Å². The van der Waals surface area contributed by atoms with Crippen LogP contribution in [-0.4, -0.2) is 42.7 Å². The molecular weight excluding hydrogens is 194 g/mol. The monoisotopic (exact) mass is 207 g/mol. The number of carbonyl (C=O) groups is 1. The molecule has 0 atom stereocenters. The van der Waals surface area contributed by atoms with Gasteiger partial charge in [-0.05, 0) is 12.1 Å². The van der Waals surface area contributed by atoms with Gasteiger partial charge in [-0.2, -0.15) is 0 Å². The molecule has 0 radical (unpaired) electrons. The lowest BCUT2D eigenvalue weighted by Crippen LogP contribution is -2.48. The largest absolute Gasteiger partial charge is 0.379 e. The number of aromatic nitrogens is 1. The summed E-state index contributed by atoms with van der Waals surface area (Å²) in [5.41, 5.74) is 0. The van der Waals surface area contributed by atoms with Gasteiger partial charge in [0.15, 0.2) is 0 Å². The van der Waals surface area contributed by atoms with Crippen LogP contribution in [0.4, 0.5) is 5.82 Å². The summed E-state index contributed by atoms with van der Waals surface area (Å²) in [6.45, 7) is 2.74.